The molecule has 5 nitrogen and oxygen atoms in total. The van der Waals surface area contributed by atoms with Crippen molar-refractivity contribution < 1.29 is 13.2 Å². The summed E-state index contributed by atoms with van der Waals surface area (Å²) < 4.78 is 22.7. The first-order valence-corrected chi connectivity index (χ1v) is 8.90. The van der Waals surface area contributed by atoms with E-state index in [4.69, 9.17) is 0 Å². The van der Waals surface area contributed by atoms with Crippen LogP contribution in [0.25, 0.3) is 10.9 Å². The van der Waals surface area contributed by atoms with Gasteiger partial charge in [0.15, 0.2) is 9.84 Å². The Kier molecular flexibility index (Phi) is 3.71. The number of hydrogen-bond acceptors (Lipinski definition) is 3. The fourth-order valence-electron chi connectivity index (χ4n) is 2.80. The Bertz CT molecular complexity index is 764. The minimum absolute atomic E-state index is 0.00802. The zero-order valence-electron chi connectivity index (χ0n) is 11.6. The van der Waals surface area contributed by atoms with Crippen LogP contribution >= 0.6 is 0 Å². The van der Waals surface area contributed by atoms with Crippen molar-refractivity contribution in [1.82, 2.24) is 10.3 Å². The van der Waals surface area contributed by atoms with Crippen molar-refractivity contribution in [2.45, 2.75) is 12.8 Å². The van der Waals surface area contributed by atoms with Gasteiger partial charge < -0.3 is 10.3 Å². The van der Waals surface area contributed by atoms with Crippen LogP contribution in [-0.4, -0.2) is 37.4 Å². The van der Waals surface area contributed by atoms with Gasteiger partial charge in [0.05, 0.1) is 17.4 Å². The molecule has 1 aliphatic rings. The molecule has 0 spiro atoms. The maximum atomic E-state index is 11.9. The number of carbonyl (C=O) groups excluding carboxylic acids is 1. The zero-order valence-corrected chi connectivity index (χ0v) is 12.4. The summed E-state index contributed by atoms with van der Waals surface area (Å²) in [5, 5.41) is 4.01. The molecule has 112 valence electrons. The molecule has 1 fully saturated rings. The van der Waals surface area contributed by atoms with Gasteiger partial charge in [-0.15, -0.1) is 0 Å². The monoisotopic (exact) mass is 306 g/mol. The van der Waals surface area contributed by atoms with Crippen molar-refractivity contribution in [2.24, 2.45) is 5.92 Å². The van der Waals surface area contributed by atoms with Crippen LogP contribution in [0.2, 0.25) is 0 Å². The number of fused-ring (bicyclic) bond motifs is 1. The van der Waals surface area contributed by atoms with Gasteiger partial charge in [0.2, 0.25) is 5.91 Å². The van der Waals surface area contributed by atoms with Crippen molar-refractivity contribution >= 4 is 26.6 Å². The van der Waals surface area contributed by atoms with Crippen molar-refractivity contribution in [1.29, 1.82) is 0 Å². The van der Waals surface area contributed by atoms with E-state index in [0.717, 1.165) is 22.9 Å². The Morgan fingerprint density at radius 2 is 2.14 bits per heavy atom. The Morgan fingerprint density at radius 1 is 1.33 bits per heavy atom. The molecule has 0 aliphatic carbocycles. The first kappa shape index (κ1) is 14.1. The van der Waals surface area contributed by atoms with E-state index in [9.17, 15) is 13.2 Å². The molecule has 2 heterocycles. The number of nitrogens with one attached hydrogen (secondary N) is 2. The van der Waals surface area contributed by atoms with E-state index in [2.05, 4.69) is 10.3 Å². The van der Waals surface area contributed by atoms with E-state index in [0.29, 0.717) is 13.0 Å². The lowest BCUT2D eigenvalue weighted by molar-refractivity contribution is -0.124. The molecule has 1 unspecified atom stereocenters. The fraction of sp³-hybridized carbons (Fsp3) is 0.400. The summed E-state index contributed by atoms with van der Waals surface area (Å²) in [5.74, 6) is -0.395. The van der Waals surface area contributed by atoms with Crippen LogP contribution in [0.15, 0.2) is 30.5 Å². The lowest BCUT2D eigenvalue weighted by Gasteiger charge is -2.09. The molecule has 21 heavy (non-hydrogen) atoms. The molecule has 2 aromatic rings. The van der Waals surface area contributed by atoms with Gasteiger partial charge in [-0.25, -0.2) is 8.42 Å². The van der Waals surface area contributed by atoms with Gasteiger partial charge in [-0.3, -0.25) is 4.79 Å². The highest BCUT2D eigenvalue weighted by atomic mass is 32.2. The predicted octanol–water partition coefficient (Wildman–Crippen LogP) is 1.26. The highest BCUT2D eigenvalue weighted by molar-refractivity contribution is 7.91. The number of rotatable bonds is 4. The molecule has 2 N–H and O–H groups in total. The number of aromatic nitrogens is 1. The molecule has 1 saturated heterocycles. The molecular formula is C15H18N2O3S. The van der Waals surface area contributed by atoms with Gasteiger partial charge in [0.25, 0.3) is 0 Å². The van der Waals surface area contributed by atoms with E-state index >= 15 is 0 Å². The zero-order chi connectivity index (χ0) is 14.9. The summed E-state index contributed by atoms with van der Waals surface area (Å²) in [6, 6.07) is 8.03. The number of H-pyrrole nitrogens is 1. The van der Waals surface area contributed by atoms with Crippen LogP contribution in [0.4, 0.5) is 0 Å². The molecule has 0 radical (unpaired) electrons. The maximum Gasteiger partial charge on any atom is 0.224 e. The summed E-state index contributed by atoms with van der Waals surface area (Å²) in [6.07, 6.45) is 3.13. The Hall–Kier alpha value is -1.82. The fourth-order valence-corrected chi connectivity index (χ4v) is 4.55. The van der Waals surface area contributed by atoms with E-state index in [1.54, 1.807) is 0 Å². The Labute approximate surface area is 123 Å². The second kappa shape index (κ2) is 5.52. The molecule has 1 amide bonds. The Balaban J connectivity index is 1.56. The standard InChI is InChI=1S/C15H18N2O3S/c18-15(12-6-8-21(19,20)10-12)16-7-5-11-9-17-14-4-2-1-3-13(11)14/h1-4,9,12,17H,5-8,10H2,(H,16,18). The molecule has 0 saturated carbocycles. The third-order valence-electron chi connectivity index (χ3n) is 3.97. The average molecular weight is 306 g/mol. The van der Waals surface area contributed by atoms with E-state index < -0.39 is 9.84 Å². The van der Waals surface area contributed by atoms with Gasteiger partial charge >= 0.3 is 0 Å². The maximum absolute atomic E-state index is 11.9. The minimum Gasteiger partial charge on any atom is -0.361 e. The highest BCUT2D eigenvalue weighted by Crippen LogP contribution is 2.19. The molecule has 1 aromatic carbocycles. The van der Waals surface area contributed by atoms with Crippen molar-refractivity contribution in [3.63, 3.8) is 0 Å². The van der Waals surface area contributed by atoms with Crippen molar-refractivity contribution in [2.75, 3.05) is 18.1 Å². The largest absolute Gasteiger partial charge is 0.361 e. The number of carbonyl (C=O) groups is 1. The molecule has 1 atom stereocenters. The smallest absolute Gasteiger partial charge is 0.224 e. The lowest BCUT2D eigenvalue weighted by Crippen LogP contribution is -2.32. The molecule has 6 heteroatoms. The quantitative estimate of drug-likeness (QED) is 0.892. The molecule has 1 aromatic heterocycles. The highest BCUT2D eigenvalue weighted by Gasteiger charge is 2.32. The topological polar surface area (TPSA) is 79.0 Å². The molecule has 0 bridgehead atoms. The van der Waals surface area contributed by atoms with Gasteiger partial charge in [0, 0.05) is 23.6 Å². The van der Waals surface area contributed by atoms with Crippen molar-refractivity contribution in [3.05, 3.63) is 36.0 Å². The van der Waals surface area contributed by atoms with Gasteiger partial charge in [-0.05, 0) is 24.5 Å². The minimum atomic E-state index is -3.00. The van der Waals surface area contributed by atoms with Crippen LogP contribution in [-0.2, 0) is 21.1 Å². The van der Waals surface area contributed by atoms with Crippen LogP contribution in [0.1, 0.15) is 12.0 Å². The Morgan fingerprint density at radius 3 is 2.90 bits per heavy atom. The molecular weight excluding hydrogens is 288 g/mol. The van der Waals surface area contributed by atoms with Gasteiger partial charge in [0.1, 0.15) is 0 Å². The number of amides is 1. The summed E-state index contributed by atoms with van der Waals surface area (Å²) in [7, 11) is -3.00. The SMILES string of the molecule is O=C(NCCc1c[nH]c2ccccc12)C1CCS(=O)(=O)C1. The summed E-state index contributed by atoms with van der Waals surface area (Å²) in [6.45, 7) is 0.525. The first-order valence-electron chi connectivity index (χ1n) is 7.08. The second-order valence-electron chi connectivity index (χ2n) is 5.50. The lowest BCUT2D eigenvalue weighted by atomic mass is 10.1. The summed E-state index contributed by atoms with van der Waals surface area (Å²) in [4.78, 5) is 15.1. The van der Waals surface area contributed by atoms with E-state index in [1.807, 2.05) is 30.5 Å². The number of benzene rings is 1. The predicted molar refractivity (Wildman–Crippen MR) is 81.8 cm³/mol. The van der Waals surface area contributed by atoms with Crippen molar-refractivity contribution in [3.8, 4) is 0 Å². The number of aromatic amines is 1. The number of hydrogen-bond donors (Lipinski definition) is 2. The third-order valence-corrected chi connectivity index (χ3v) is 5.74. The molecule has 1 aliphatic heterocycles. The van der Waals surface area contributed by atoms with Crippen LogP contribution in [0.5, 0.6) is 0 Å². The number of para-hydroxylation sites is 1. The van der Waals surface area contributed by atoms with Crippen LogP contribution in [0, 0.1) is 5.92 Å². The van der Waals surface area contributed by atoms with E-state index in [1.165, 1.54) is 0 Å². The van der Waals surface area contributed by atoms with Crippen LogP contribution < -0.4 is 5.32 Å². The summed E-state index contributed by atoms with van der Waals surface area (Å²) >= 11 is 0. The van der Waals surface area contributed by atoms with E-state index in [-0.39, 0.29) is 23.3 Å². The average Bonchev–Trinajstić information content (AvgIpc) is 3.03. The third kappa shape index (κ3) is 3.10. The van der Waals surface area contributed by atoms with Gasteiger partial charge in [-0.1, -0.05) is 18.2 Å². The van der Waals surface area contributed by atoms with Gasteiger partial charge in [-0.2, -0.15) is 0 Å². The molecule has 3 rings (SSSR count). The normalized spacial score (nSPS) is 20.7. The second-order valence-corrected chi connectivity index (χ2v) is 7.73. The summed E-state index contributed by atoms with van der Waals surface area (Å²) in [5.41, 5.74) is 2.24. The number of sulfone groups is 1. The van der Waals surface area contributed by atoms with Crippen LogP contribution in [0.3, 0.4) is 0 Å². The first-order chi connectivity index (χ1) is 10.1.